The lowest BCUT2D eigenvalue weighted by molar-refractivity contribution is -0.114. The van der Waals surface area contributed by atoms with Crippen molar-refractivity contribution in [2.75, 3.05) is 0 Å². The zero-order chi connectivity index (χ0) is 7.14. The van der Waals surface area contributed by atoms with E-state index in [0.717, 1.165) is 12.0 Å². The summed E-state index contributed by atoms with van der Waals surface area (Å²) < 4.78 is 11.0. The summed E-state index contributed by atoms with van der Waals surface area (Å²) in [6.07, 6.45) is 3.15. The van der Waals surface area contributed by atoms with Crippen LogP contribution in [0.2, 0.25) is 0 Å². The smallest absolute Gasteiger partial charge is 0.172 e. The second-order valence-corrected chi connectivity index (χ2v) is 3.65. The van der Waals surface area contributed by atoms with E-state index in [9.17, 15) is 9.00 Å². The van der Waals surface area contributed by atoms with Crippen LogP contribution >= 0.6 is 0 Å². The Morgan fingerprint density at radius 2 is 2.20 bits per heavy atom. The van der Waals surface area contributed by atoms with Crippen molar-refractivity contribution in [1.82, 2.24) is 0 Å². The molecule has 0 saturated heterocycles. The van der Waals surface area contributed by atoms with Crippen LogP contribution in [0.1, 0.15) is 12.8 Å². The van der Waals surface area contributed by atoms with Gasteiger partial charge in [-0.2, -0.15) is 0 Å². The zero-order valence-corrected chi connectivity index (χ0v) is 6.11. The first-order chi connectivity index (χ1) is 4.79. The van der Waals surface area contributed by atoms with Crippen molar-refractivity contribution in [3.05, 3.63) is 22.0 Å². The minimum absolute atomic E-state index is 0.0679. The lowest BCUT2D eigenvalue weighted by Crippen LogP contribution is -1.98. The number of Topliss-reactive ketones (excluding diaryl/α,β-unsaturated/α-hetero) is 1. The molecule has 0 bridgehead atoms. The van der Waals surface area contributed by atoms with E-state index in [0.29, 0.717) is 11.3 Å². The van der Waals surface area contributed by atoms with Gasteiger partial charge < -0.3 is 0 Å². The summed E-state index contributed by atoms with van der Waals surface area (Å²) in [6.45, 7) is 0. The van der Waals surface area contributed by atoms with Gasteiger partial charge in [0.25, 0.3) is 0 Å². The lowest BCUT2D eigenvalue weighted by Gasteiger charge is -1.89. The third-order valence-corrected chi connectivity index (χ3v) is 3.04. The monoisotopic (exact) mass is 154 g/mol. The van der Waals surface area contributed by atoms with Gasteiger partial charge in [-0.25, -0.2) is 4.21 Å². The van der Waals surface area contributed by atoms with E-state index in [2.05, 4.69) is 0 Å². The predicted octanol–water partition coefficient (Wildman–Crippen LogP) is 0.879. The van der Waals surface area contributed by atoms with Gasteiger partial charge in [0.15, 0.2) is 5.78 Å². The molecular weight excluding hydrogens is 148 g/mol. The van der Waals surface area contributed by atoms with Crippen LogP contribution in [0.5, 0.6) is 0 Å². The molecular formula is C7H6O2S. The van der Waals surface area contributed by atoms with Crippen molar-refractivity contribution in [1.29, 1.82) is 0 Å². The fraction of sp³-hybridized carbons (Fsp3) is 0.286. The summed E-state index contributed by atoms with van der Waals surface area (Å²) in [5.41, 5.74) is 0.989. The second-order valence-electron chi connectivity index (χ2n) is 2.38. The number of ketones is 1. The van der Waals surface area contributed by atoms with Crippen molar-refractivity contribution in [2.24, 2.45) is 0 Å². The Morgan fingerprint density at radius 3 is 2.90 bits per heavy atom. The third kappa shape index (κ3) is 0.639. The van der Waals surface area contributed by atoms with Crippen LogP contribution in [0.25, 0.3) is 0 Å². The van der Waals surface area contributed by atoms with Crippen LogP contribution in [0.4, 0.5) is 0 Å². The molecule has 1 aliphatic heterocycles. The van der Waals surface area contributed by atoms with Crippen LogP contribution in [0.3, 0.4) is 0 Å². The molecule has 1 aliphatic carbocycles. The van der Waals surface area contributed by atoms with Gasteiger partial charge in [-0.1, -0.05) is 0 Å². The molecule has 0 aromatic heterocycles. The quantitative estimate of drug-likeness (QED) is 0.519. The molecule has 0 fully saturated rings. The largest absolute Gasteiger partial charge is 0.293 e. The number of rotatable bonds is 0. The van der Waals surface area contributed by atoms with Crippen molar-refractivity contribution < 1.29 is 9.00 Å². The highest BCUT2D eigenvalue weighted by Crippen LogP contribution is 2.31. The Labute approximate surface area is 61.1 Å². The third-order valence-electron chi connectivity index (χ3n) is 1.76. The van der Waals surface area contributed by atoms with Gasteiger partial charge in [-0.15, -0.1) is 0 Å². The zero-order valence-electron chi connectivity index (χ0n) is 5.29. The highest BCUT2D eigenvalue weighted by Gasteiger charge is 2.28. The van der Waals surface area contributed by atoms with Crippen molar-refractivity contribution >= 4 is 16.6 Å². The molecule has 2 rings (SSSR count). The van der Waals surface area contributed by atoms with E-state index < -0.39 is 10.8 Å². The molecule has 1 heterocycles. The molecule has 1 unspecified atom stereocenters. The number of hydrogen-bond donors (Lipinski definition) is 0. The molecule has 52 valence electrons. The summed E-state index contributed by atoms with van der Waals surface area (Å²) in [6, 6.07) is 0. The van der Waals surface area contributed by atoms with Gasteiger partial charge in [0, 0.05) is 11.8 Å². The van der Waals surface area contributed by atoms with E-state index in [1.807, 2.05) is 0 Å². The molecule has 0 aromatic rings. The molecule has 1 atom stereocenters. The van der Waals surface area contributed by atoms with E-state index in [-0.39, 0.29) is 5.78 Å². The molecule has 2 nitrogen and oxygen atoms in total. The standard InChI is InChI=1S/C7H6O2S/c8-6-2-1-5-3-4-10(9)7(5)6/h3-4H,1-2H2. The number of allylic oxidation sites excluding steroid dienone is 3. The molecule has 3 heteroatoms. The van der Waals surface area contributed by atoms with Gasteiger partial charge in [0.1, 0.15) is 0 Å². The van der Waals surface area contributed by atoms with E-state index >= 15 is 0 Å². The first kappa shape index (κ1) is 6.04. The van der Waals surface area contributed by atoms with E-state index in [4.69, 9.17) is 0 Å². The molecule has 2 aliphatic rings. The van der Waals surface area contributed by atoms with Gasteiger partial charge in [0.2, 0.25) is 0 Å². The van der Waals surface area contributed by atoms with Crippen LogP contribution in [0.15, 0.2) is 22.0 Å². The summed E-state index contributed by atoms with van der Waals surface area (Å²) >= 11 is 0. The van der Waals surface area contributed by atoms with Gasteiger partial charge in [0.05, 0.1) is 15.7 Å². The maximum absolute atomic E-state index is 11.0. The Morgan fingerprint density at radius 1 is 1.40 bits per heavy atom. The lowest BCUT2D eigenvalue weighted by atomic mass is 10.2. The minimum atomic E-state index is -1.11. The Balaban J connectivity index is 2.52. The van der Waals surface area contributed by atoms with E-state index in [1.165, 1.54) is 0 Å². The van der Waals surface area contributed by atoms with E-state index in [1.54, 1.807) is 11.5 Å². The van der Waals surface area contributed by atoms with Crippen LogP contribution in [-0.2, 0) is 15.6 Å². The molecule has 0 amide bonds. The summed E-state index contributed by atoms with van der Waals surface area (Å²) in [4.78, 5) is 11.5. The van der Waals surface area contributed by atoms with Crippen molar-refractivity contribution in [3.8, 4) is 0 Å². The molecule has 0 N–H and O–H groups in total. The molecule has 0 aromatic carbocycles. The SMILES string of the molecule is O=C1CCC2=C1S(=O)C=C2. The van der Waals surface area contributed by atoms with Gasteiger partial charge in [-0.05, 0) is 18.1 Å². The summed E-state index contributed by atoms with van der Waals surface area (Å²) in [5.74, 6) is 0.0679. The predicted molar refractivity (Wildman–Crippen MR) is 38.5 cm³/mol. The van der Waals surface area contributed by atoms with Crippen molar-refractivity contribution in [2.45, 2.75) is 12.8 Å². The highest BCUT2D eigenvalue weighted by atomic mass is 32.2. The number of carbonyl (C=O) groups excluding carboxylic acids is 1. The van der Waals surface area contributed by atoms with Crippen LogP contribution in [0, 0.1) is 0 Å². The highest BCUT2D eigenvalue weighted by molar-refractivity contribution is 7.93. The van der Waals surface area contributed by atoms with Crippen molar-refractivity contribution in [3.63, 3.8) is 0 Å². The molecule has 0 spiro atoms. The topological polar surface area (TPSA) is 34.1 Å². The minimum Gasteiger partial charge on any atom is -0.293 e. The number of carbonyl (C=O) groups is 1. The molecule has 0 radical (unpaired) electrons. The molecule has 10 heavy (non-hydrogen) atoms. The van der Waals surface area contributed by atoms with Gasteiger partial charge >= 0.3 is 0 Å². The van der Waals surface area contributed by atoms with Gasteiger partial charge in [-0.3, -0.25) is 4.79 Å². The number of hydrogen-bond acceptors (Lipinski definition) is 2. The Bertz CT molecular complexity index is 286. The Kier molecular flexibility index (Phi) is 1.14. The first-order valence-corrected chi connectivity index (χ1v) is 4.35. The second kappa shape index (κ2) is 1.89. The maximum Gasteiger partial charge on any atom is 0.172 e. The summed E-state index contributed by atoms with van der Waals surface area (Å²) in [5, 5.41) is 1.59. The summed E-state index contributed by atoms with van der Waals surface area (Å²) in [7, 11) is -1.11. The average molecular weight is 154 g/mol. The fourth-order valence-corrected chi connectivity index (χ4v) is 2.45. The normalized spacial score (nSPS) is 30.0. The molecule has 0 saturated carbocycles. The Hall–Kier alpha value is -0.700. The maximum atomic E-state index is 11.0. The first-order valence-electron chi connectivity index (χ1n) is 3.14. The van der Waals surface area contributed by atoms with Crippen LogP contribution < -0.4 is 0 Å². The van der Waals surface area contributed by atoms with Crippen LogP contribution in [-0.4, -0.2) is 9.99 Å². The average Bonchev–Trinajstić information content (AvgIpc) is 2.40. The fourth-order valence-electron chi connectivity index (χ4n) is 1.27.